The fourth-order valence-electron chi connectivity index (χ4n) is 3.88. The van der Waals surface area contributed by atoms with Crippen molar-refractivity contribution in [3.8, 4) is 11.4 Å². The maximum absolute atomic E-state index is 12.3. The van der Waals surface area contributed by atoms with E-state index in [2.05, 4.69) is 25.3 Å². The molecule has 0 bridgehead atoms. The molecule has 0 saturated carbocycles. The van der Waals surface area contributed by atoms with E-state index in [9.17, 15) is 4.79 Å². The van der Waals surface area contributed by atoms with Gasteiger partial charge in [0.2, 0.25) is 17.6 Å². The number of rotatable bonds is 5. The van der Waals surface area contributed by atoms with Gasteiger partial charge < -0.3 is 9.84 Å². The monoisotopic (exact) mass is 341 g/mol. The molecule has 2 aromatic heterocycles. The molecule has 1 N–H and O–H groups in total. The number of nitrogens with zero attached hydrogens (tertiary/aromatic N) is 4. The van der Waals surface area contributed by atoms with Crippen LogP contribution in [0.2, 0.25) is 0 Å². The van der Waals surface area contributed by atoms with Crippen molar-refractivity contribution in [1.29, 1.82) is 0 Å². The average molecular weight is 341 g/mol. The lowest BCUT2D eigenvalue weighted by molar-refractivity contribution is -0.122. The molecule has 25 heavy (non-hydrogen) atoms. The van der Waals surface area contributed by atoms with Crippen molar-refractivity contribution in [2.75, 3.05) is 13.1 Å². The van der Waals surface area contributed by atoms with Crippen molar-refractivity contribution in [2.45, 2.75) is 50.6 Å². The van der Waals surface area contributed by atoms with E-state index >= 15 is 0 Å². The van der Waals surface area contributed by atoms with E-state index in [1.54, 1.807) is 12.4 Å². The zero-order valence-corrected chi connectivity index (χ0v) is 14.2. The number of aryl methyl sites for hydroxylation is 1. The quantitative estimate of drug-likeness (QED) is 0.893. The second-order valence-corrected chi connectivity index (χ2v) is 6.82. The normalized spacial score (nSPS) is 23.4. The molecular weight excluding hydrogens is 318 g/mol. The Bertz CT molecular complexity index is 717. The number of pyridine rings is 1. The van der Waals surface area contributed by atoms with Crippen molar-refractivity contribution in [3.05, 3.63) is 30.4 Å². The third-order valence-electron chi connectivity index (χ3n) is 5.16. The molecule has 0 aromatic carbocycles. The highest BCUT2D eigenvalue weighted by atomic mass is 16.5. The minimum absolute atomic E-state index is 0.0681. The summed E-state index contributed by atoms with van der Waals surface area (Å²) in [6, 6.07) is 4.53. The number of fused-ring (bicyclic) bond motifs is 1. The minimum atomic E-state index is 0.0681. The van der Waals surface area contributed by atoms with Gasteiger partial charge in [0.1, 0.15) is 0 Å². The summed E-state index contributed by atoms with van der Waals surface area (Å²) < 4.78 is 5.25. The Labute approximate surface area is 146 Å². The molecule has 1 amide bonds. The SMILES string of the molecule is O=C(CCc1nc(-c2cccnc2)no1)N[C@@H]1CCN2CCCC[C@H]12. The summed E-state index contributed by atoms with van der Waals surface area (Å²) in [6.45, 7) is 2.28. The number of carbonyl (C=O) groups excluding carboxylic acids is 1. The second kappa shape index (κ2) is 7.31. The molecule has 7 nitrogen and oxygen atoms in total. The molecule has 2 aliphatic rings. The fourth-order valence-corrected chi connectivity index (χ4v) is 3.88. The lowest BCUT2D eigenvalue weighted by atomic mass is 9.99. The third-order valence-corrected chi connectivity index (χ3v) is 5.16. The molecule has 4 rings (SSSR count). The number of hydrogen-bond acceptors (Lipinski definition) is 6. The summed E-state index contributed by atoms with van der Waals surface area (Å²) >= 11 is 0. The van der Waals surface area contributed by atoms with Crippen LogP contribution in [0.5, 0.6) is 0 Å². The number of amides is 1. The fraction of sp³-hybridized carbons (Fsp3) is 0.556. The number of aromatic nitrogens is 3. The van der Waals surface area contributed by atoms with Crippen LogP contribution in [-0.2, 0) is 11.2 Å². The number of carbonyl (C=O) groups is 1. The Balaban J connectivity index is 1.28. The van der Waals surface area contributed by atoms with Crippen LogP contribution in [0, 0.1) is 0 Å². The van der Waals surface area contributed by atoms with Gasteiger partial charge in [-0.3, -0.25) is 14.7 Å². The maximum Gasteiger partial charge on any atom is 0.227 e. The molecule has 2 atom stereocenters. The highest BCUT2D eigenvalue weighted by Crippen LogP contribution is 2.27. The first kappa shape index (κ1) is 16.2. The van der Waals surface area contributed by atoms with E-state index in [4.69, 9.17) is 4.52 Å². The molecule has 132 valence electrons. The van der Waals surface area contributed by atoms with Gasteiger partial charge in [0, 0.05) is 49.4 Å². The van der Waals surface area contributed by atoms with Gasteiger partial charge in [0.05, 0.1) is 0 Å². The summed E-state index contributed by atoms with van der Waals surface area (Å²) in [6.07, 6.45) is 9.03. The second-order valence-electron chi connectivity index (χ2n) is 6.82. The van der Waals surface area contributed by atoms with Crippen LogP contribution >= 0.6 is 0 Å². The van der Waals surface area contributed by atoms with Crippen molar-refractivity contribution in [1.82, 2.24) is 25.3 Å². The topological polar surface area (TPSA) is 84.1 Å². The van der Waals surface area contributed by atoms with Crippen LogP contribution in [0.15, 0.2) is 29.0 Å². The Morgan fingerprint density at radius 1 is 1.32 bits per heavy atom. The van der Waals surface area contributed by atoms with E-state index in [1.165, 1.54) is 25.8 Å². The first-order chi connectivity index (χ1) is 12.3. The molecule has 4 heterocycles. The van der Waals surface area contributed by atoms with Crippen LogP contribution in [0.3, 0.4) is 0 Å². The van der Waals surface area contributed by atoms with Crippen LogP contribution in [-0.4, -0.2) is 51.1 Å². The van der Waals surface area contributed by atoms with Gasteiger partial charge in [-0.1, -0.05) is 11.6 Å². The number of piperidine rings is 1. The Hall–Kier alpha value is -2.28. The summed E-state index contributed by atoms with van der Waals surface area (Å²) in [4.78, 5) is 23.2. The minimum Gasteiger partial charge on any atom is -0.352 e. The van der Waals surface area contributed by atoms with Crippen LogP contribution in [0.1, 0.15) is 38.0 Å². The molecule has 7 heteroatoms. The van der Waals surface area contributed by atoms with Gasteiger partial charge in [-0.25, -0.2) is 0 Å². The first-order valence-electron chi connectivity index (χ1n) is 9.06. The summed E-state index contributed by atoms with van der Waals surface area (Å²) in [5.41, 5.74) is 0.810. The van der Waals surface area contributed by atoms with Gasteiger partial charge in [-0.05, 0) is 37.9 Å². The van der Waals surface area contributed by atoms with Crippen LogP contribution in [0.4, 0.5) is 0 Å². The van der Waals surface area contributed by atoms with E-state index in [0.717, 1.165) is 18.5 Å². The maximum atomic E-state index is 12.3. The van der Waals surface area contributed by atoms with Crippen molar-refractivity contribution >= 4 is 5.91 Å². The molecular formula is C18H23N5O2. The largest absolute Gasteiger partial charge is 0.352 e. The van der Waals surface area contributed by atoms with Gasteiger partial charge in [-0.2, -0.15) is 4.98 Å². The Morgan fingerprint density at radius 3 is 3.16 bits per heavy atom. The van der Waals surface area contributed by atoms with Crippen LogP contribution < -0.4 is 5.32 Å². The smallest absolute Gasteiger partial charge is 0.227 e. The summed E-state index contributed by atoms with van der Waals surface area (Å²) in [5, 5.41) is 7.16. The van der Waals surface area contributed by atoms with Gasteiger partial charge in [0.25, 0.3) is 0 Å². The molecule has 0 aliphatic carbocycles. The van der Waals surface area contributed by atoms with Crippen LogP contribution in [0.25, 0.3) is 11.4 Å². The molecule has 0 spiro atoms. The molecule has 0 unspecified atom stereocenters. The zero-order chi connectivity index (χ0) is 17.1. The van der Waals surface area contributed by atoms with E-state index < -0.39 is 0 Å². The lowest BCUT2D eigenvalue weighted by Gasteiger charge is -2.32. The number of hydrogen-bond donors (Lipinski definition) is 1. The molecule has 0 radical (unpaired) electrons. The van der Waals surface area contributed by atoms with Crippen molar-refractivity contribution in [2.24, 2.45) is 0 Å². The first-order valence-corrected chi connectivity index (χ1v) is 9.06. The number of nitrogens with one attached hydrogen (secondary N) is 1. The Kier molecular flexibility index (Phi) is 4.74. The van der Waals surface area contributed by atoms with E-state index in [1.807, 2.05) is 12.1 Å². The lowest BCUT2D eigenvalue weighted by Crippen LogP contribution is -2.46. The predicted molar refractivity (Wildman–Crippen MR) is 91.6 cm³/mol. The molecule has 2 aliphatic heterocycles. The van der Waals surface area contributed by atoms with Gasteiger partial charge >= 0.3 is 0 Å². The van der Waals surface area contributed by atoms with Gasteiger partial charge in [0.15, 0.2) is 0 Å². The van der Waals surface area contributed by atoms with E-state index in [0.29, 0.717) is 36.6 Å². The van der Waals surface area contributed by atoms with Gasteiger partial charge in [-0.15, -0.1) is 0 Å². The highest BCUT2D eigenvalue weighted by Gasteiger charge is 2.36. The molecule has 2 fully saturated rings. The summed E-state index contributed by atoms with van der Waals surface area (Å²) in [7, 11) is 0. The third kappa shape index (κ3) is 3.71. The van der Waals surface area contributed by atoms with E-state index in [-0.39, 0.29) is 5.91 Å². The zero-order valence-electron chi connectivity index (χ0n) is 14.2. The predicted octanol–water partition coefficient (Wildman–Crippen LogP) is 1.81. The van der Waals surface area contributed by atoms with Crippen molar-refractivity contribution < 1.29 is 9.32 Å². The standard InChI is InChI=1S/C18H23N5O2/c24-16(20-14-8-11-23-10-2-1-5-15(14)23)6-7-17-21-18(22-25-17)13-4-3-9-19-12-13/h3-4,9,12,14-15H,1-2,5-8,10-11H2,(H,20,24)/t14-,15-/m1/s1. The molecule has 2 aromatic rings. The average Bonchev–Trinajstić information content (AvgIpc) is 3.28. The summed E-state index contributed by atoms with van der Waals surface area (Å²) in [5.74, 6) is 1.07. The Morgan fingerprint density at radius 2 is 2.28 bits per heavy atom. The van der Waals surface area contributed by atoms with Crippen molar-refractivity contribution in [3.63, 3.8) is 0 Å². The highest BCUT2D eigenvalue weighted by molar-refractivity contribution is 5.76. The molecule has 2 saturated heterocycles.